The lowest BCUT2D eigenvalue weighted by atomic mass is 10.5. The van der Waals surface area contributed by atoms with Gasteiger partial charge in [-0.05, 0) is 13.8 Å². The first-order valence-electron chi connectivity index (χ1n) is 2.59. The highest BCUT2D eigenvalue weighted by Gasteiger charge is 1.87. The molecule has 0 atom stereocenters. The predicted octanol–water partition coefficient (Wildman–Crippen LogP) is -0.589. The molecule has 0 aromatic rings. The summed E-state index contributed by atoms with van der Waals surface area (Å²) >= 11 is 0. The Hall–Kier alpha value is 0.137. The molecule has 0 radical (unpaired) electrons. The van der Waals surface area contributed by atoms with Gasteiger partial charge >= 0.3 is 0 Å². The SMILES string of the molecule is CC(C)O[SiH2]CN. The zero-order chi connectivity index (χ0) is 5.70. The molecule has 0 saturated carbocycles. The standard InChI is InChI=1S/C4H13NOSi/c1-4(2)6-7-3-5/h4H,3,5,7H2,1-2H3. The van der Waals surface area contributed by atoms with E-state index in [0.29, 0.717) is 6.10 Å². The second kappa shape index (κ2) is 4.30. The van der Waals surface area contributed by atoms with Gasteiger partial charge in [0.15, 0.2) is 9.76 Å². The van der Waals surface area contributed by atoms with Crippen LogP contribution in [0, 0.1) is 0 Å². The van der Waals surface area contributed by atoms with E-state index in [4.69, 9.17) is 10.2 Å². The van der Waals surface area contributed by atoms with Gasteiger partial charge in [-0.1, -0.05) is 0 Å². The Kier molecular flexibility index (Phi) is 4.38. The third kappa shape index (κ3) is 6.14. The summed E-state index contributed by atoms with van der Waals surface area (Å²) in [6.07, 6.45) is 1.15. The summed E-state index contributed by atoms with van der Waals surface area (Å²) in [5.41, 5.74) is 5.21. The maximum Gasteiger partial charge on any atom is 0.175 e. The van der Waals surface area contributed by atoms with Crippen LogP contribution in [0.25, 0.3) is 0 Å². The van der Waals surface area contributed by atoms with Crippen LogP contribution < -0.4 is 5.73 Å². The van der Waals surface area contributed by atoms with Crippen molar-refractivity contribution in [2.24, 2.45) is 5.73 Å². The topological polar surface area (TPSA) is 35.2 Å². The van der Waals surface area contributed by atoms with Crippen molar-refractivity contribution in [3.63, 3.8) is 0 Å². The van der Waals surface area contributed by atoms with Gasteiger partial charge in [0, 0.05) is 12.3 Å². The Bertz CT molecular complexity index is 40.7. The van der Waals surface area contributed by atoms with Crippen molar-refractivity contribution in [2.75, 3.05) is 6.17 Å². The summed E-state index contributed by atoms with van der Waals surface area (Å²) in [6, 6.07) is 0. The van der Waals surface area contributed by atoms with Gasteiger partial charge < -0.3 is 10.2 Å². The number of hydrogen-bond donors (Lipinski definition) is 1. The van der Waals surface area contributed by atoms with Crippen molar-refractivity contribution >= 4 is 9.76 Å². The normalized spacial score (nSPS) is 12.0. The lowest BCUT2D eigenvalue weighted by Crippen LogP contribution is -2.16. The summed E-state index contributed by atoms with van der Waals surface area (Å²) in [4.78, 5) is 0. The largest absolute Gasteiger partial charge is 0.420 e. The molecule has 7 heavy (non-hydrogen) atoms. The lowest BCUT2D eigenvalue weighted by molar-refractivity contribution is 0.256. The molecular formula is C4H13NOSi. The zero-order valence-electron chi connectivity index (χ0n) is 4.98. The summed E-state index contributed by atoms with van der Waals surface area (Å²) < 4.78 is 5.20. The second-order valence-corrected chi connectivity index (χ2v) is 3.03. The van der Waals surface area contributed by atoms with Crippen molar-refractivity contribution in [2.45, 2.75) is 20.0 Å². The van der Waals surface area contributed by atoms with Crippen LogP contribution >= 0.6 is 0 Å². The molecule has 0 aliphatic carbocycles. The van der Waals surface area contributed by atoms with Gasteiger partial charge in [-0.2, -0.15) is 0 Å². The predicted molar refractivity (Wildman–Crippen MR) is 33.8 cm³/mol. The first kappa shape index (κ1) is 7.14. The van der Waals surface area contributed by atoms with Gasteiger partial charge in [-0.3, -0.25) is 0 Å². The van der Waals surface area contributed by atoms with Gasteiger partial charge in [0.1, 0.15) is 0 Å². The molecule has 0 saturated heterocycles. The number of hydrogen-bond acceptors (Lipinski definition) is 2. The lowest BCUT2D eigenvalue weighted by Gasteiger charge is -2.03. The molecule has 0 bridgehead atoms. The minimum atomic E-state index is -0.348. The number of nitrogens with two attached hydrogens (primary N) is 1. The molecule has 2 nitrogen and oxygen atoms in total. The van der Waals surface area contributed by atoms with E-state index < -0.39 is 0 Å². The van der Waals surface area contributed by atoms with Crippen LogP contribution in [0.15, 0.2) is 0 Å². The van der Waals surface area contributed by atoms with E-state index in [9.17, 15) is 0 Å². The third-order valence-corrected chi connectivity index (χ3v) is 1.71. The quantitative estimate of drug-likeness (QED) is 0.504. The minimum Gasteiger partial charge on any atom is -0.420 e. The maximum atomic E-state index is 5.21. The van der Waals surface area contributed by atoms with Gasteiger partial charge in [0.2, 0.25) is 0 Å². The molecule has 0 spiro atoms. The van der Waals surface area contributed by atoms with Crippen LogP contribution in [-0.2, 0) is 4.43 Å². The Balaban J connectivity index is 2.68. The average molecular weight is 119 g/mol. The van der Waals surface area contributed by atoms with Crippen LogP contribution in [0.4, 0.5) is 0 Å². The average Bonchev–Trinajstić information content (AvgIpc) is 1.61. The second-order valence-electron chi connectivity index (χ2n) is 1.71. The van der Waals surface area contributed by atoms with Gasteiger partial charge in [-0.25, -0.2) is 0 Å². The van der Waals surface area contributed by atoms with Crippen LogP contribution in [-0.4, -0.2) is 22.0 Å². The van der Waals surface area contributed by atoms with Crippen LogP contribution in [0.3, 0.4) is 0 Å². The minimum absolute atomic E-state index is 0.348. The molecule has 3 heteroatoms. The van der Waals surface area contributed by atoms with Crippen molar-refractivity contribution in [3.8, 4) is 0 Å². The first-order valence-corrected chi connectivity index (χ1v) is 4.16. The molecule has 44 valence electrons. The fraction of sp³-hybridized carbons (Fsp3) is 1.00. The number of rotatable bonds is 3. The molecule has 0 aromatic carbocycles. The Morgan fingerprint density at radius 1 is 1.71 bits per heavy atom. The summed E-state index contributed by atoms with van der Waals surface area (Å²) in [6.45, 7) is 4.06. The summed E-state index contributed by atoms with van der Waals surface area (Å²) in [5.74, 6) is 0. The highest BCUT2D eigenvalue weighted by atomic mass is 28.2. The van der Waals surface area contributed by atoms with E-state index in [0.717, 1.165) is 6.17 Å². The molecule has 0 aliphatic heterocycles. The molecule has 0 heterocycles. The van der Waals surface area contributed by atoms with Crippen LogP contribution in [0.1, 0.15) is 13.8 Å². The Morgan fingerprint density at radius 2 is 2.29 bits per heavy atom. The molecule has 0 amide bonds. The highest BCUT2D eigenvalue weighted by molar-refractivity contribution is 6.27. The van der Waals surface area contributed by atoms with E-state index in [-0.39, 0.29) is 9.76 Å². The molecule has 2 N–H and O–H groups in total. The van der Waals surface area contributed by atoms with Crippen LogP contribution in [0.5, 0.6) is 0 Å². The maximum absolute atomic E-state index is 5.21. The highest BCUT2D eigenvalue weighted by Crippen LogP contribution is 1.81. The van der Waals surface area contributed by atoms with Gasteiger partial charge in [0.25, 0.3) is 0 Å². The van der Waals surface area contributed by atoms with E-state index in [1.54, 1.807) is 0 Å². The molecule has 0 aromatic heterocycles. The fourth-order valence-electron chi connectivity index (χ4n) is 0.304. The fourth-order valence-corrected chi connectivity index (χ4v) is 0.911. The molecule has 0 rings (SSSR count). The van der Waals surface area contributed by atoms with E-state index in [2.05, 4.69) is 0 Å². The van der Waals surface area contributed by atoms with Gasteiger partial charge in [0.05, 0.1) is 0 Å². The van der Waals surface area contributed by atoms with E-state index >= 15 is 0 Å². The Morgan fingerprint density at radius 3 is 2.43 bits per heavy atom. The van der Waals surface area contributed by atoms with Crippen molar-refractivity contribution in [1.29, 1.82) is 0 Å². The summed E-state index contributed by atoms with van der Waals surface area (Å²) in [5, 5.41) is 0. The van der Waals surface area contributed by atoms with Crippen molar-refractivity contribution in [3.05, 3.63) is 0 Å². The summed E-state index contributed by atoms with van der Waals surface area (Å²) in [7, 11) is -0.348. The van der Waals surface area contributed by atoms with Crippen LogP contribution in [0.2, 0.25) is 0 Å². The molecule has 0 unspecified atom stereocenters. The molecule has 0 aliphatic rings. The monoisotopic (exact) mass is 119 g/mol. The van der Waals surface area contributed by atoms with E-state index in [1.165, 1.54) is 0 Å². The van der Waals surface area contributed by atoms with Gasteiger partial charge in [-0.15, -0.1) is 0 Å². The van der Waals surface area contributed by atoms with Crippen molar-refractivity contribution < 1.29 is 4.43 Å². The molecule has 0 fully saturated rings. The Labute approximate surface area is 47.0 Å². The van der Waals surface area contributed by atoms with Crippen molar-refractivity contribution in [1.82, 2.24) is 0 Å². The third-order valence-electron chi connectivity index (χ3n) is 0.569. The smallest absolute Gasteiger partial charge is 0.175 e. The first-order chi connectivity index (χ1) is 3.27. The van der Waals surface area contributed by atoms with E-state index in [1.807, 2.05) is 13.8 Å². The zero-order valence-corrected chi connectivity index (χ0v) is 6.39. The molecular weight excluding hydrogens is 106 g/mol.